The third-order valence-corrected chi connectivity index (χ3v) is 3.86. The van der Waals surface area contributed by atoms with Crippen LogP contribution >= 0.6 is 0 Å². The third-order valence-electron chi connectivity index (χ3n) is 3.86. The van der Waals surface area contributed by atoms with Gasteiger partial charge in [0.25, 0.3) is 0 Å². The quantitative estimate of drug-likeness (QED) is 0.821. The fourth-order valence-electron chi connectivity index (χ4n) is 2.54. The van der Waals surface area contributed by atoms with Crippen molar-refractivity contribution in [2.75, 3.05) is 11.9 Å². The van der Waals surface area contributed by atoms with Crippen LogP contribution in [0.25, 0.3) is 6.08 Å². The van der Waals surface area contributed by atoms with Gasteiger partial charge < -0.3 is 5.32 Å². The Morgan fingerprint density at radius 3 is 2.53 bits per heavy atom. The molecule has 0 spiro atoms. The van der Waals surface area contributed by atoms with Gasteiger partial charge in [-0.3, -0.25) is 0 Å². The number of hydrogen-bond donors (Lipinski definition) is 1. The maximum atomic E-state index is 3.43. The highest BCUT2D eigenvalue weighted by Gasteiger charge is 2.11. The van der Waals surface area contributed by atoms with Gasteiger partial charge in [-0.25, -0.2) is 0 Å². The molecule has 1 N–H and O–H groups in total. The zero-order chi connectivity index (χ0) is 13.2. The summed E-state index contributed by atoms with van der Waals surface area (Å²) in [7, 11) is 0. The normalized spacial score (nSPS) is 14.6. The van der Waals surface area contributed by atoms with E-state index in [-0.39, 0.29) is 0 Å². The van der Waals surface area contributed by atoms with Crippen LogP contribution in [0.1, 0.15) is 35.1 Å². The van der Waals surface area contributed by atoms with Crippen LogP contribution in [0.15, 0.2) is 48.5 Å². The van der Waals surface area contributed by atoms with Crippen LogP contribution in [0.2, 0.25) is 0 Å². The summed E-state index contributed by atoms with van der Waals surface area (Å²) in [5.41, 5.74) is 6.58. The van der Waals surface area contributed by atoms with Gasteiger partial charge in [0.2, 0.25) is 0 Å². The van der Waals surface area contributed by atoms with Crippen molar-refractivity contribution in [3.63, 3.8) is 0 Å². The summed E-state index contributed by atoms with van der Waals surface area (Å²) >= 11 is 0. The smallest absolute Gasteiger partial charge is 0.0419 e. The van der Waals surface area contributed by atoms with E-state index in [0.717, 1.165) is 6.54 Å². The SMILES string of the molecule is Cc1ccc(C(C)c2ccc3c(c2)NCC=C3)cc1. The first-order chi connectivity index (χ1) is 9.24. The first-order valence-electron chi connectivity index (χ1n) is 6.85. The summed E-state index contributed by atoms with van der Waals surface area (Å²) in [5, 5.41) is 3.43. The Morgan fingerprint density at radius 1 is 1.00 bits per heavy atom. The number of hydrogen-bond acceptors (Lipinski definition) is 1. The predicted octanol–water partition coefficient (Wildman–Crippen LogP) is 4.59. The predicted molar refractivity (Wildman–Crippen MR) is 82.7 cm³/mol. The first kappa shape index (κ1) is 12.0. The number of aryl methyl sites for hydroxylation is 1. The number of fused-ring (bicyclic) bond motifs is 1. The molecular formula is C18H19N. The van der Waals surface area contributed by atoms with Crippen molar-refractivity contribution < 1.29 is 0 Å². The summed E-state index contributed by atoms with van der Waals surface area (Å²) in [6.07, 6.45) is 4.34. The van der Waals surface area contributed by atoms with Crippen molar-refractivity contribution in [2.45, 2.75) is 19.8 Å². The molecule has 2 aromatic rings. The lowest BCUT2D eigenvalue weighted by Gasteiger charge is -2.18. The fourth-order valence-corrected chi connectivity index (χ4v) is 2.54. The summed E-state index contributed by atoms with van der Waals surface area (Å²) in [5.74, 6) is 0.429. The van der Waals surface area contributed by atoms with Crippen molar-refractivity contribution in [2.24, 2.45) is 0 Å². The Kier molecular flexibility index (Phi) is 3.12. The molecule has 0 saturated carbocycles. The second-order valence-electron chi connectivity index (χ2n) is 5.26. The second-order valence-corrected chi connectivity index (χ2v) is 5.26. The number of nitrogens with one attached hydrogen (secondary N) is 1. The molecule has 3 rings (SSSR count). The van der Waals surface area contributed by atoms with E-state index < -0.39 is 0 Å². The molecule has 2 aromatic carbocycles. The summed E-state index contributed by atoms with van der Waals surface area (Å²) < 4.78 is 0. The van der Waals surface area contributed by atoms with Gasteiger partial charge in [-0.2, -0.15) is 0 Å². The molecule has 0 bridgehead atoms. The maximum absolute atomic E-state index is 3.43. The van der Waals surface area contributed by atoms with Gasteiger partial charge in [-0.05, 0) is 29.7 Å². The molecule has 1 aliphatic heterocycles. The number of rotatable bonds is 2. The lowest BCUT2D eigenvalue weighted by molar-refractivity contribution is 0.921. The Hall–Kier alpha value is -2.02. The van der Waals surface area contributed by atoms with Crippen molar-refractivity contribution >= 4 is 11.8 Å². The van der Waals surface area contributed by atoms with Gasteiger partial charge in [0, 0.05) is 18.2 Å². The minimum absolute atomic E-state index is 0.429. The van der Waals surface area contributed by atoms with Crippen LogP contribution in [0.5, 0.6) is 0 Å². The molecule has 1 heterocycles. The van der Waals surface area contributed by atoms with E-state index in [2.05, 4.69) is 73.8 Å². The van der Waals surface area contributed by atoms with Crippen molar-refractivity contribution in [3.05, 3.63) is 70.8 Å². The van der Waals surface area contributed by atoms with Gasteiger partial charge >= 0.3 is 0 Å². The highest BCUT2D eigenvalue weighted by atomic mass is 14.9. The average Bonchev–Trinajstić information content (AvgIpc) is 2.47. The number of anilines is 1. The standard InChI is InChI=1S/C18H19N/c1-13-5-7-15(8-6-13)14(2)17-10-9-16-4-3-11-19-18(16)12-17/h3-10,12,14,19H,11H2,1-2H3. The third kappa shape index (κ3) is 2.41. The zero-order valence-corrected chi connectivity index (χ0v) is 11.5. The Labute approximate surface area is 115 Å². The highest BCUT2D eigenvalue weighted by molar-refractivity contribution is 5.71. The van der Waals surface area contributed by atoms with Gasteiger partial charge in [-0.1, -0.05) is 61.0 Å². The first-order valence-corrected chi connectivity index (χ1v) is 6.85. The van der Waals surface area contributed by atoms with Crippen LogP contribution in [-0.4, -0.2) is 6.54 Å². The van der Waals surface area contributed by atoms with Crippen LogP contribution in [0, 0.1) is 6.92 Å². The molecule has 1 atom stereocenters. The van der Waals surface area contributed by atoms with Gasteiger partial charge in [0.15, 0.2) is 0 Å². The van der Waals surface area contributed by atoms with E-state index in [1.807, 2.05) is 0 Å². The average molecular weight is 249 g/mol. The molecule has 19 heavy (non-hydrogen) atoms. The van der Waals surface area contributed by atoms with E-state index in [1.165, 1.54) is 27.9 Å². The Morgan fingerprint density at radius 2 is 1.74 bits per heavy atom. The van der Waals surface area contributed by atoms with Crippen molar-refractivity contribution in [3.8, 4) is 0 Å². The van der Waals surface area contributed by atoms with E-state index in [9.17, 15) is 0 Å². The van der Waals surface area contributed by atoms with E-state index in [0.29, 0.717) is 5.92 Å². The Bertz CT molecular complexity index is 608. The van der Waals surface area contributed by atoms with Gasteiger partial charge in [0.05, 0.1) is 0 Å². The van der Waals surface area contributed by atoms with Crippen LogP contribution < -0.4 is 5.32 Å². The largest absolute Gasteiger partial charge is 0.381 e. The lowest BCUT2D eigenvalue weighted by Crippen LogP contribution is -2.06. The molecule has 1 aliphatic rings. The van der Waals surface area contributed by atoms with Crippen molar-refractivity contribution in [1.82, 2.24) is 0 Å². The molecule has 0 aromatic heterocycles. The topological polar surface area (TPSA) is 12.0 Å². The van der Waals surface area contributed by atoms with Gasteiger partial charge in [0.1, 0.15) is 0 Å². The minimum atomic E-state index is 0.429. The molecule has 1 heteroatoms. The number of benzene rings is 2. The van der Waals surface area contributed by atoms with Crippen LogP contribution in [-0.2, 0) is 0 Å². The second kappa shape index (κ2) is 4.93. The van der Waals surface area contributed by atoms with E-state index >= 15 is 0 Å². The van der Waals surface area contributed by atoms with Gasteiger partial charge in [-0.15, -0.1) is 0 Å². The highest BCUT2D eigenvalue weighted by Crippen LogP contribution is 2.29. The summed E-state index contributed by atoms with van der Waals surface area (Å²) in [6.45, 7) is 5.32. The minimum Gasteiger partial charge on any atom is -0.381 e. The summed E-state index contributed by atoms with van der Waals surface area (Å²) in [6, 6.07) is 15.6. The van der Waals surface area contributed by atoms with Crippen molar-refractivity contribution in [1.29, 1.82) is 0 Å². The van der Waals surface area contributed by atoms with E-state index in [1.54, 1.807) is 0 Å². The molecule has 0 saturated heterocycles. The molecule has 0 amide bonds. The maximum Gasteiger partial charge on any atom is 0.0419 e. The molecule has 0 fully saturated rings. The zero-order valence-electron chi connectivity index (χ0n) is 11.5. The fraction of sp³-hybridized carbons (Fsp3) is 0.222. The molecule has 0 aliphatic carbocycles. The van der Waals surface area contributed by atoms with Crippen LogP contribution in [0.4, 0.5) is 5.69 Å². The lowest BCUT2D eigenvalue weighted by atomic mass is 9.91. The molecule has 1 unspecified atom stereocenters. The van der Waals surface area contributed by atoms with Crippen LogP contribution in [0.3, 0.4) is 0 Å². The molecule has 1 nitrogen and oxygen atoms in total. The molecular weight excluding hydrogens is 230 g/mol. The monoisotopic (exact) mass is 249 g/mol. The Balaban J connectivity index is 1.93. The molecule has 0 radical (unpaired) electrons. The summed E-state index contributed by atoms with van der Waals surface area (Å²) in [4.78, 5) is 0. The molecule has 96 valence electrons. The van der Waals surface area contributed by atoms with E-state index in [4.69, 9.17) is 0 Å².